The van der Waals surface area contributed by atoms with E-state index >= 15 is 0 Å². The normalized spacial score (nSPS) is 23.4. The third-order valence-corrected chi connectivity index (χ3v) is 3.62. The number of nitrogens with zero attached hydrogens (tertiary/aromatic N) is 1. The summed E-state index contributed by atoms with van der Waals surface area (Å²) in [6.07, 6.45) is 2.65. The Labute approximate surface area is 88.6 Å². The highest BCUT2D eigenvalue weighted by atomic mass is 16.5. The second kappa shape index (κ2) is 6.41. The summed E-state index contributed by atoms with van der Waals surface area (Å²) in [5.74, 6) is 1.74. The van der Waals surface area contributed by atoms with E-state index in [1.807, 2.05) is 0 Å². The lowest BCUT2D eigenvalue weighted by Crippen LogP contribution is -2.37. The summed E-state index contributed by atoms with van der Waals surface area (Å²) in [6, 6.07) is 0. The molecule has 84 valence electrons. The summed E-state index contributed by atoms with van der Waals surface area (Å²) in [6.45, 7) is 12.4. The van der Waals surface area contributed by atoms with Gasteiger partial charge in [0.1, 0.15) is 0 Å². The first-order valence-electron chi connectivity index (χ1n) is 6.04. The number of hydrogen-bond donors (Lipinski definition) is 0. The molecule has 0 radical (unpaired) electrons. The number of hydrogen-bond acceptors (Lipinski definition) is 2. The average Bonchev–Trinajstić information content (AvgIpc) is 2.26. The Hall–Kier alpha value is -0.0800. The third kappa shape index (κ3) is 3.97. The van der Waals surface area contributed by atoms with Crippen LogP contribution in [0.15, 0.2) is 0 Å². The number of ether oxygens (including phenoxy) is 1. The second-order valence-electron chi connectivity index (χ2n) is 4.61. The molecule has 0 aromatic rings. The van der Waals surface area contributed by atoms with Crippen molar-refractivity contribution in [1.29, 1.82) is 0 Å². The van der Waals surface area contributed by atoms with E-state index in [4.69, 9.17) is 4.74 Å². The van der Waals surface area contributed by atoms with Gasteiger partial charge in [-0.3, -0.25) is 4.90 Å². The molecule has 0 N–H and O–H groups in total. The van der Waals surface area contributed by atoms with Gasteiger partial charge in [0.05, 0.1) is 13.2 Å². The van der Waals surface area contributed by atoms with Crippen molar-refractivity contribution >= 4 is 0 Å². The van der Waals surface area contributed by atoms with Crippen molar-refractivity contribution in [2.45, 2.75) is 33.6 Å². The van der Waals surface area contributed by atoms with E-state index in [9.17, 15) is 0 Å². The van der Waals surface area contributed by atoms with Gasteiger partial charge in [-0.15, -0.1) is 0 Å². The van der Waals surface area contributed by atoms with Gasteiger partial charge >= 0.3 is 0 Å². The van der Waals surface area contributed by atoms with Crippen LogP contribution in [0.3, 0.4) is 0 Å². The maximum Gasteiger partial charge on any atom is 0.0594 e. The van der Waals surface area contributed by atoms with Crippen LogP contribution in [0.2, 0.25) is 0 Å². The lowest BCUT2D eigenvalue weighted by Gasteiger charge is -2.28. The van der Waals surface area contributed by atoms with Gasteiger partial charge in [0.25, 0.3) is 0 Å². The maximum absolute atomic E-state index is 5.33. The Morgan fingerprint density at radius 3 is 2.36 bits per heavy atom. The van der Waals surface area contributed by atoms with E-state index in [1.54, 1.807) is 0 Å². The van der Waals surface area contributed by atoms with E-state index in [2.05, 4.69) is 25.7 Å². The molecule has 2 unspecified atom stereocenters. The number of morpholine rings is 1. The fraction of sp³-hybridized carbons (Fsp3) is 1.00. The van der Waals surface area contributed by atoms with Gasteiger partial charge in [0.15, 0.2) is 0 Å². The molecule has 0 bridgehead atoms. The van der Waals surface area contributed by atoms with Gasteiger partial charge in [0, 0.05) is 13.1 Å². The highest BCUT2D eigenvalue weighted by Crippen LogP contribution is 2.18. The Morgan fingerprint density at radius 1 is 1.14 bits per heavy atom. The van der Waals surface area contributed by atoms with E-state index in [0.717, 1.165) is 38.1 Å². The van der Waals surface area contributed by atoms with Crippen molar-refractivity contribution < 1.29 is 4.74 Å². The van der Waals surface area contributed by atoms with Crippen molar-refractivity contribution in [2.24, 2.45) is 11.8 Å². The Kier molecular flexibility index (Phi) is 5.49. The van der Waals surface area contributed by atoms with Crippen LogP contribution in [0, 0.1) is 11.8 Å². The van der Waals surface area contributed by atoms with Gasteiger partial charge in [-0.25, -0.2) is 0 Å². The van der Waals surface area contributed by atoms with Gasteiger partial charge in [0.2, 0.25) is 0 Å². The lowest BCUT2D eigenvalue weighted by molar-refractivity contribution is 0.0346. The summed E-state index contributed by atoms with van der Waals surface area (Å²) in [5, 5.41) is 0. The molecule has 0 aliphatic carbocycles. The quantitative estimate of drug-likeness (QED) is 0.674. The smallest absolute Gasteiger partial charge is 0.0594 e. The first-order chi connectivity index (χ1) is 6.74. The van der Waals surface area contributed by atoms with Crippen molar-refractivity contribution in [2.75, 3.05) is 32.8 Å². The topological polar surface area (TPSA) is 12.5 Å². The summed E-state index contributed by atoms with van der Waals surface area (Å²) >= 11 is 0. The van der Waals surface area contributed by atoms with Crippen molar-refractivity contribution in [3.8, 4) is 0 Å². The molecule has 14 heavy (non-hydrogen) atoms. The summed E-state index contributed by atoms with van der Waals surface area (Å²) in [4.78, 5) is 2.53. The fourth-order valence-corrected chi connectivity index (χ4v) is 1.90. The van der Waals surface area contributed by atoms with Gasteiger partial charge < -0.3 is 4.74 Å². The zero-order valence-electron chi connectivity index (χ0n) is 9.96. The van der Waals surface area contributed by atoms with Gasteiger partial charge in [-0.1, -0.05) is 27.2 Å². The van der Waals surface area contributed by atoms with Crippen LogP contribution in [0.1, 0.15) is 33.6 Å². The van der Waals surface area contributed by atoms with E-state index in [1.165, 1.54) is 19.4 Å². The molecule has 1 rings (SSSR count). The predicted octanol–water partition coefficient (Wildman–Crippen LogP) is 2.39. The molecule has 2 atom stereocenters. The summed E-state index contributed by atoms with van der Waals surface area (Å²) in [7, 11) is 0. The SMILES string of the molecule is CCC(C)C(C)CCN1CCOCC1. The third-order valence-electron chi connectivity index (χ3n) is 3.62. The Bertz CT molecular complexity index is 141. The van der Waals surface area contributed by atoms with E-state index in [0.29, 0.717) is 0 Å². The molecule has 2 heteroatoms. The minimum Gasteiger partial charge on any atom is -0.379 e. The monoisotopic (exact) mass is 199 g/mol. The standard InChI is InChI=1S/C12H25NO/c1-4-11(2)12(3)5-6-13-7-9-14-10-8-13/h11-12H,4-10H2,1-3H3. The lowest BCUT2D eigenvalue weighted by atomic mass is 9.91. The predicted molar refractivity (Wildman–Crippen MR) is 60.5 cm³/mol. The molecule has 0 amide bonds. The van der Waals surface area contributed by atoms with Crippen molar-refractivity contribution in [3.63, 3.8) is 0 Å². The van der Waals surface area contributed by atoms with Crippen LogP contribution in [0.4, 0.5) is 0 Å². The molecule has 1 fully saturated rings. The van der Waals surface area contributed by atoms with Crippen molar-refractivity contribution in [3.05, 3.63) is 0 Å². The summed E-state index contributed by atoms with van der Waals surface area (Å²) in [5.41, 5.74) is 0. The Balaban J connectivity index is 2.12. The van der Waals surface area contributed by atoms with Crippen LogP contribution in [-0.2, 0) is 4.74 Å². The highest BCUT2D eigenvalue weighted by Gasteiger charge is 2.14. The van der Waals surface area contributed by atoms with Crippen LogP contribution in [0.25, 0.3) is 0 Å². The molecule has 0 saturated carbocycles. The zero-order chi connectivity index (χ0) is 10.4. The first kappa shape index (κ1) is 12.0. The second-order valence-corrected chi connectivity index (χ2v) is 4.61. The molecule has 1 saturated heterocycles. The first-order valence-corrected chi connectivity index (χ1v) is 6.04. The molecule has 0 spiro atoms. The van der Waals surface area contributed by atoms with E-state index in [-0.39, 0.29) is 0 Å². The van der Waals surface area contributed by atoms with Crippen molar-refractivity contribution in [1.82, 2.24) is 4.90 Å². The number of rotatable bonds is 5. The molecule has 0 aromatic heterocycles. The van der Waals surface area contributed by atoms with Crippen LogP contribution in [0.5, 0.6) is 0 Å². The highest BCUT2D eigenvalue weighted by molar-refractivity contribution is 4.66. The zero-order valence-corrected chi connectivity index (χ0v) is 9.96. The fourth-order valence-electron chi connectivity index (χ4n) is 1.90. The molecule has 1 aliphatic heterocycles. The summed E-state index contributed by atoms with van der Waals surface area (Å²) < 4.78 is 5.33. The van der Waals surface area contributed by atoms with Crippen LogP contribution >= 0.6 is 0 Å². The van der Waals surface area contributed by atoms with Gasteiger partial charge in [-0.05, 0) is 24.8 Å². The molecule has 1 heterocycles. The van der Waals surface area contributed by atoms with Crippen LogP contribution < -0.4 is 0 Å². The minimum absolute atomic E-state index is 0.864. The molecule has 1 aliphatic rings. The minimum atomic E-state index is 0.864. The molecule has 0 aromatic carbocycles. The van der Waals surface area contributed by atoms with E-state index < -0.39 is 0 Å². The molecular formula is C12H25NO. The largest absolute Gasteiger partial charge is 0.379 e. The van der Waals surface area contributed by atoms with Crippen LogP contribution in [-0.4, -0.2) is 37.7 Å². The van der Waals surface area contributed by atoms with Gasteiger partial charge in [-0.2, -0.15) is 0 Å². The average molecular weight is 199 g/mol. The Morgan fingerprint density at radius 2 is 1.79 bits per heavy atom. The molecular weight excluding hydrogens is 174 g/mol. The molecule has 2 nitrogen and oxygen atoms in total. The maximum atomic E-state index is 5.33.